The first-order valence-electron chi connectivity index (χ1n) is 14.0. The van der Waals surface area contributed by atoms with Gasteiger partial charge in [-0.3, -0.25) is 14.3 Å². The van der Waals surface area contributed by atoms with E-state index < -0.39 is 70.8 Å². The molecule has 0 radical (unpaired) electrons. The molecule has 0 saturated heterocycles. The normalized spacial score (nSPS) is 29.2. The van der Waals surface area contributed by atoms with Crippen molar-refractivity contribution in [2.24, 2.45) is 29.1 Å². The van der Waals surface area contributed by atoms with Gasteiger partial charge >= 0.3 is 12.1 Å². The van der Waals surface area contributed by atoms with E-state index in [0.717, 1.165) is 16.9 Å². The van der Waals surface area contributed by atoms with Gasteiger partial charge in [-0.15, -0.1) is 0 Å². The Labute approximate surface area is 250 Å². The van der Waals surface area contributed by atoms with Crippen LogP contribution in [0.2, 0.25) is 10.0 Å². The van der Waals surface area contributed by atoms with Crippen LogP contribution in [0.15, 0.2) is 18.3 Å². The standard InChI is InChI=1S/C29H33Cl2F4N3O4/c1-13-8-14(4-5-16(13)27(41)42)38-25(29(33,34)35)17(11-36-38)26(40)37(15-9-18-19(10-15)28(18,2)3)12-22(39)23-20(30)6-7-21(32)24(23)31/h6-7,11,13-16,18-19,22,39H,4-5,8-10,12H2,1-3H3,(H,41,42)/t13?,14?,15-,16?,18+,19-,22?. The molecule has 1 amide bonds. The number of hydrogen-bond donors (Lipinski definition) is 2. The molecule has 13 heteroatoms. The molecule has 0 spiro atoms. The van der Waals surface area contributed by atoms with Gasteiger partial charge in [0.2, 0.25) is 0 Å². The SMILES string of the molecule is CC1CC(n2ncc(C(=O)N(CC(O)c3c(Cl)ccc(F)c3Cl)[C@H]3C[C@@H]4[C@H](C3)C4(C)C)c2C(F)(F)F)CCC1C(=O)O. The predicted molar refractivity (Wildman–Crippen MR) is 147 cm³/mol. The fourth-order valence-corrected chi connectivity index (χ4v) is 8.07. The number of carbonyl (C=O) groups excluding carboxylic acids is 1. The van der Waals surface area contributed by atoms with Crippen molar-refractivity contribution in [2.45, 2.75) is 77.2 Å². The highest BCUT2D eigenvalue weighted by molar-refractivity contribution is 6.36. The summed E-state index contributed by atoms with van der Waals surface area (Å²) in [7, 11) is 0. The molecule has 42 heavy (non-hydrogen) atoms. The lowest BCUT2D eigenvalue weighted by Crippen LogP contribution is -2.43. The van der Waals surface area contributed by atoms with E-state index in [1.54, 1.807) is 6.92 Å². The number of carbonyl (C=O) groups is 2. The van der Waals surface area contributed by atoms with E-state index in [9.17, 15) is 37.4 Å². The van der Waals surface area contributed by atoms with Gasteiger partial charge < -0.3 is 15.1 Å². The van der Waals surface area contributed by atoms with Crippen LogP contribution in [-0.2, 0) is 11.0 Å². The van der Waals surface area contributed by atoms with Crippen LogP contribution in [0.5, 0.6) is 0 Å². The van der Waals surface area contributed by atoms with Crippen LogP contribution in [0.25, 0.3) is 0 Å². The van der Waals surface area contributed by atoms with E-state index in [4.69, 9.17) is 23.2 Å². The minimum Gasteiger partial charge on any atom is -0.481 e. The summed E-state index contributed by atoms with van der Waals surface area (Å²) in [5, 5.41) is 24.1. The molecule has 5 rings (SSSR count). The number of aliphatic hydroxyl groups is 1. The minimum atomic E-state index is -4.94. The molecule has 1 heterocycles. The zero-order valence-corrected chi connectivity index (χ0v) is 24.8. The van der Waals surface area contributed by atoms with Crippen LogP contribution < -0.4 is 0 Å². The lowest BCUT2D eigenvalue weighted by Gasteiger charge is -2.34. The number of aromatic nitrogens is 2. The lowest BCUT2D eigenvalue weighted by molar-refractivity contribution is -0.149. The number of amides is 1. The number of fused-ring (bicyclic) bond motifs is 1. The number of carboxylic acids is 1. The molecular weight excluding hydrogens is 601 g/mol. The number of nitrogens with zero attached hydrogens (tertiary/aromatic N) is 3. The molecule has 1 aromatic carbocycles. The summed E-state index contributed by atoms with van der Waals surface area (Å²) in [5.41, 5.74) is -1.94. The molecule has 3 aliphatic rings. The van der Waals surface area contributed by atoms with Gasteiger partial charge in [0.05, 0.1) is 41.4 Å². The largest absolute Gasteiger partial charge is 0.481 e. The summed E-state index contributed by atoms with van der Waals surface area (Å²) in [4.78, 5) is 26.8. The number of benzene rings is 1. The Morgan fingerprint density at radius 2 is 1.81 bits per heavy atom. The minimum absolute atomic E-state index is 0.0356. The molecular formula is C29H33Cl2F4N3O4. The van der Waals surface area contributed by atoms with Crippen LogP contribution >= 0.6 is 23.2 Å². The quantitative estimate of drug-likeness (QED) is 0.252. The average molecular weight is 634 g/mol. The van der Waals surface area contributed by atoms with Gasteiger partial charge in [0.15, 0.2) is 5.69 Å². The number of rotatable bonds is 7. The zero-order chi connectivity index (χ0) is 30.9. The smallest absolute Gasteiger partial charge is 0.433 e. The highest BCUT2D eigenvalue weighted by Crippen LogP contribution is 2.67. The topological polar surface area (TPSA) is 95.7 Å². The second-order valence-electron chi connectivity index (χ2n) is 12.6. The van der Waals surface area contributed by atoms with Gasteiger partial charge in [0, 0.05) is 16.6 Å². The van der Waals surface area contributed by atoms with Crippen molar-refractivity contribution in [2.75, 3.05) is 6.54 Å². The van der Waals surface area contributed by atoms with Gasteiger partial charge in [-0.05, 0) is 67.4 Å². The van der Waals surface area contributed by atoms with Crippen molar-refractivity contribution in [3.05, 3.63) is 51.0 Å². The average Bonchev–Trinajstić information content (AvgIpc) is 3.33. The van der Waals surface area contributed by atoms with Crippen molar-refractivity contribution in [1.29, 1.82) is 0 Å². The fourth-order valence-electron chi connectivity index (χ4n) is 7.44. The van der Waals surface area contributed by atoms with Crippen LogP contribution in [0.3, 0.4) is 0 Å². The van der Waals surface area contributed by atoms with Crippen LogP contribution in [0, 0.1) is 34.9 Å². The first kappa shape index (κ1) is 31.1. The van der Waals surface area contributed by atoms with E-state index in [-0.39, 0.29) is 53.0 Å². The first-order chi connectivity index (χ1) is 19.5. The van der Waals surface area contributed by atoms with Crippen molar-refractivity contribution in [1.82, 2.24) is 14.7 Å². The monoisotopic (exact) mass is 633 g/mol. The van der Waals surface area contributed by atoms with E-state index in [1.807, 2.05) is 0 Å². The summed E-state index contributed by atoms with van der Waals surface area (Å²) < 4.78 is 58.8. The van der Waals surface area contributed by atoms with Crippen molar-refractivity contribution < 1.29 is 37.4 Å². The molecule has 0 bridgehead atoms. The summed E-state index contributed by atoms with van der Waals surface area (Å²) >= 11 is 12.3. The van der Waals surface area contributed by atoms with Gasteiger partial charge in [0.25, 0.3) is 5.91 Å². The van der Waals surface area contributed by atoms with Crippen molar-refractivity contribution in [3.63, 3.8) is 0 Å². The number of aliphatic carboxylic acids is 1. The van der Waals surface area contributed by atoms with E-state index in [1.165, 1.54) is 11.0 Å². The Balaban J connectivity index is 1.49. The molecule has 2 N–H and O–H groups in total. The number of halogens is 6. The number of aliphatic hydroxyl groups excluding tert-OH is 1. The zero-order valence-electron chi connectivity index (χ0n) is 23.3. The molecule has 2 aromatic rings. The van der Waals surface area contributed by atoms with Gasteiger partial charge in [-0.1, -0.05) is 44.0 Å². The van der Waals surface area contributed by atoms with Crippen molar-refractivity contribution in [3.8, 4) is 0 Å². The van der Waals surface area contributed by atoms with Crippen LogP contribution in [0.4, 0.5) is 17.6 Å². The fraction of sp³-hybridized carbons (Fsp3) is 0.621. The maximum absolute atomic E-state index is 14.6. The Morgan fingerprint density at radius 1 is 1.17 bits per heavy atom. The molecule has 7 atom stereocenters. The first-order valence-corrected chi connectivity index (χ1v) is 14.8. The third-order valence-electron chi connectivity index (χ3n) is 9.92. The maximum atomic E-state index is 14.6. The molecule has 3 saturated carbocycles. The Morgan fingerprint density at radius 3 is 2.38 bits per heavy atom. The second-order valence-corrected chi connectivity index (χ2v) is 13.4. The Hall–Kier alpha value is -2.37. The van der Waals surface area contributed by atoms with Gasteiger partial charge in [0.1, 0.15) is 5.82 Å². The van der Waals surface area contributed by atoms with Crippen molar-refractivity contribution >= 4 is 35.1 Å². The number of hydrogen-bond acceptors (Lipinski definition) is 4. The molecule has 0 aliphatic heterocycles. The summed E-state index contributed by atoms with van der Waals surface area (Å²) in [5.74, 6) is -3.25. The molecule has 4 unspecified atom stereocenters. The Bertz CT molecular complexity index is 1380. The summed E-state index contributed by atoms with van der Waals surface area (Å²) in [6, 6.07) is 1.05. The lowest BCUT2D eigenvalue weighted by atomic mass is 9.78. The highest BCUT2D eigenvalue weighted by atomic mass is 35.5. The summed E-state index contributed by atoms with van der Waals surface area (Å²) in [6.07, 6.45) is -3.98. The molecule has 230 valence electrons. The molecule has 7 nitrogen and oxygen atoms in total. The van der Waals surface area contributed by atoms with E-state index >= 15 is 0 Å². The van der Waals surface area contributed by atoms with E-state index in [0.29, 0.717) is 12.8 Å². The maximum Gasteiger partial charge on any atom is 0.433 e. The summed E-state index contributed by atoms with van der Waals surface area (Å²) in [6.45, 7) is 5.46. The van der Waals surface area contributed by atoms with Crippen LogP contribution in [0.1, 0.15) is 86.6 Å². The number of alkyl halides is 3. The number of carboxylic acid groups (broad SMARTS) is 1. The third kappa shape index (κ3) is 5.41. The van der Waals surface area contributed by atoms with E-state index in [2.05, 4.69) is 18.9 Å². The highest BCUT2D eigenvalue weighted by Gasteiger charge is 2.63. The molecule has 3 fully saturated rings. The molecule has 3 aliphatic carbocycles. The third-order valence-corrected chi connectivity index (χ3v) is 10.6. The molecule has 1 aromatic heterocycles. The van der Waals surface area contributed by atoms with Gasteiger partial charge in [-0.2, -0.15) is 18.3 Å². The van der Waals surface area contributed by atoms with Crippen LogP contribution in [-0.4, -0.2) is 49.4 Å². The Kier molecular flexibility index (Phi) is 8.11. The second kappa shape index (κ2) is 11.0. The predicted octanol–water partition coefficient (Wildman–Crippen LogP) is 7.02. The van der Waals surface area contributed by atoms with Gasteiger partial charge in [-0.25, -0.2) is 4.39 Å².